The summed E-state index contributed by atoms with van der Waals surface area (Å²) in [6, 6.07) is 0. The topological polar surface area (TPSA) is 0 Å². The van der Waals surface area contributed by atoms with E-state index in [1.54, 1.807) is 0 Å². The molecule has 0 heteroatoms. The van der Waals surface area contributed by atoms with Crippen LogP contribution < -0.4 is 0 Å². The van der Waals surface area contributed by atoms with E-state index >= 15 is 0 Å². The summed E-state index contributed by atoms with van der Waals surface area (Å²) in [7, 11) is 0. The summed E-state index contributed by atoms with van der Waals surface area (Å²) in [6.07, 6.45) is 17.6. The second kappa shape index (κ2) is 3.08. The molecule has 0 amide bonds. The monoisotopic (exact) mass is 146 g/mol. The molecular formula is C11H14. The Balaban J connectivity index is 2.18. The molecule has 0 aliphatic heterocycles. The van der Waals surface area contributed by atoms with Gasteiger partial charge in [0.15, 0.2) is 0 Å². The highest BCUT2D eigenvalue weighted by Gasteiger charge is 2.14. The van der Waals surface area contributed by atoms with E-state index in [-0.39, 0.29) is 0 Å². The molecular weight excluding hydrogens is 132 g/mol. The second-order valence-electron chi connectivity index (χ2n) is 3.47. The van der Waals surface area contributed by atoms with Gasteiger partial charge in [-0.3, -0.25) is 0 Å². The van der Waals surface area contributed by atoms with Gasteiger partial charge >= 0.3 is 0 Å². The van der Waals surface area contributed by atoms with Gasteiger partial charge in [-0.2, -0.15) is 0 Å². The molecule has 0 aromatic carbocycles. The van der Waals surface area contributed by atoms with Crippen LogP contribution in [0.5, 0.6) is 0 Å². The maximum absolute atomic E-state index is 2.34. The lowest BCUT2D eigenvalue weighted by atomic mass is 9.94. The highest BCUT2D eigenvalue weighted by Crippen LogP contribution is 2.27. The predicted molar refractivity (Wildman–Crippen MR) is 48.3 cm³/mol. The molecule has 0 aromatic rings. The van der Waals surface area contributed by atoms with Gasteiger partial charge in [0.25, 0.3) is 0 Å². The van der Waals surface area contributed by atoms with Crippen molar-refractivity contribution in [1.82, 2.24) is 0 Å². The third-order valence-electron chi connectivity index (χ3n) is 2.53. The van der Waals surface area contributed by atoms with Crippen molar-refractivity contribution in [3.8, 4) is 0 Å². The number of allylic oxidation sites excluding steroid dienone is 6. The first-order valence-corrected chi connectivity index (χ1v) is 4.45. The minimum atomic E-state index is 0.800. The van der Waals surface area contributed by atoms with Crippen LogP contribution in [-0.4, -0.2) is 0 Å². The van der Waals surface area contributed by atoms with Crippen molar-refractivity contribution in [3.63, 3.8) is 0 Å². The molecule has 2 aliphatic rings. The Hall–Kier alpha value is -0.780. The van der Waals surface area contributed by atoms with Crippen LogP contribution >= 0.6 is 0 Å². The lowest BCUT2D eigenvalue weighted by molar-refractivity contribution is 0.507. The minimum absolute atomic E-state index is 0.800. The summed E-state index contributed by atoms with van der Waals surface area (Å²) < 4.78 is 0. The van der Waals surface area contributed by atoms with Crippen LogP contribution in [0.25, 0.3) is 0 Å². The average molecular weight is 146 g/mol. The fraction of sp³-hybridized carbons (Fsp3) is 0.455. The van der Waals surface area contributed by atoms with Crippen molar-refractivity contribution in [1.29, 1.82) is 0 Å². The normalized spacial score (nSPS) is 34.9. The third-order valence-corrected chi connectivity index (χ3v) is 2.53. The predicted octanol–water partition coefficient (Wildman–Crippen LogP) is 3.08. The zero-order chi connectivity index (χ0) is 7.52. The summed E-state index contributed by atoms with van der Waals surface area (Å²) >= 11 is 0. The molecule has 0 fully saturated rings. The summed E-state index contributed by atoms with van der Waals surface area (Å²) in [5.41, 5.74) is 0. The van der Waals surface area contributed by atoms with Crippen molar-refractivity contribution >= 4 is 0 Å². The van der Waals surface area contributed by atoms with E-state index in [2.05, 4.69) is 36.5 Å². The molecule has 0 saturated carbocycles. The van der Waals surface area contributed by atoms with E-state index < -0.39 is 0 Å². The number of hydrogen-bond donors (Lipinski definition) is 0. The summed E-state index contributed by atoms with van der Waals surface area (Å²) in [6.45, 7) is 0. The van der Waals surface area contributed by atoms with Crippen LogP contribution in [0.2, 0.25) is 0 Å². The molecule has 2 unspecified atom stereocenters. The van der Waals surface area contributed by atoms with Crippen LogP contribution in [0.15, 0.2) is 36.5 Å². The van der Waals surface area contributed by atoms with Crippen molar-refractivity contribution in [2.24, 2.45) is 11.8 Å². The van der Waals surface area contributed by atoms with E-state index in [1.807, 2.05) is 0 Å². The Morgan fingerprint density at radius 2 is 1.36 bits per heavy atom. The van der Waals surface area contributed by atoms with Crippen LogP contribution in [0, 0.1) is 11.8 Å². The molecule has 0 spiro atoms. The van der Waals surface area contributed by atoms with Gasteiger partial charge < -0.3 is 0 Å². The maximum Gasteiger partial charge on any atom is -0.0190 e. The fourth-order valence-electron chi connectivity index (χ4n) is 1.88. The zero-order valence-corrected chi connectivity index (χ0v) is 6.74. The number of hydrogen-bond acceptors (Lipinski definition) is 0. The molecule has 0 radical (unpaired) electrons. The molecule has 2 atom stereocenters. The van der Waals surface area contributed by atoms with Crippen LogP contribution in [-0.2, 0) is 0 Å². The highest BCUT2D eigenvalue weighted by molar-refractivity contribution is 5.13. The quantitative estimate of drug-likeness (QED) is 0.461. The number of rotatable bonds is 0. The SMILES string of the molecule is C1=CC2CC=CCC(C=C1)C2. The van der Waals surface area contributed by atoms with Gasteiger partial charge in [-0.15, -0.1) is 0 Å². The van der Waals surface area contributed by atoms with E-state index in [0.29, 0.717) is 0 Å². The summed E-state index contributed by atoms with van der Waals surface area (Å²) in [4.78, 5) is 0. The average Bonchev–Trinajstić information content (AvgIpc) is 2.36. The van der Waals surface area contributed by atoms with Crippen LogP contribution in [0.1, 0.15) is 19.3 Å². The van der Waals surface area contributed by atoms with Crippen molar-refractivity contribution in [3.05, 3.63) is 36.5 Å². The largest absolute Gasteiger partial charge is 0.0879 e. The second-order valence-corrected chi connectivity index (χ2v) is 3.47. The van der Waals surface area contributed by atoms with Crippen molar-refractivity contribution in [2.45, 2.75) is 19.3 Å². The Bertz CT molecular complexity index is 186. The van der Waals surface area contributed by atoms with E-state index in [4.69, 9.17) is 0 Å². The van der Waals surface area contributed by atoms with Gasteiger partial charge in [0.2, 0.25) is 0 Å². The first-order valence-electron chi connectivity index (χ1n) is 4.45. The Labute approximate surface area is 68.3 Å². The van der Waals surface area contributed by atoms with Crippen LogP contribution in [0.4, 0.5) is 0 Å². The third kappa shape index (κ3) is 1.62. The lowest BCUT2D eigenvalue weighted by Gasteiger charge is -2.11. The van der Waals surface area contributed by atoms with Crippen LogP contribution in [0.3, 0.4) is 0 Å². The molecule has 0 aromatic heterocycles. The molecule has 2 aliphatic carbocycles. The molecule has 0 saturated heterocycles. The maximum atomic E-state index is 2.34. The highest BCUT2D eigenvalue weighted by atomic mass is 14.2. The molecule has 0 N–H and O–H groups in total. The zero-order valence-electron chi connectivity index (χ0n) is 6.74. The van der Waals surface area contributed by atoms with E-state index in [0.717, 1.165) is 11.8 Å². The minimum Gasteiger partial charge on any atom is -0.0879 e. The summed E-state index contributed by atoms with van der Waals surface area (Å²) in [5.74, 6) is 1.60. The molecule has 0 heterocycles. The smallest absolute Gasteiger partial charge is 0.0190 e. The first-order chi connectivity index (χ1) is 5.45. The fourth-order valence-corrected chi connectivity index (χ4v) is 1.88. The van der Waals surface area contributed by atoms with E-state index in [9.17, 15) is 0 Å². The van der Waals surface area contributed by atoms with Gasteiger partial charge in [0.1, 0.15) is 0 Å². The molecule has 2 bridgehead atoms. The first kappa shape index (κ1) is 6.90. The van der Waals surface area contributed by atoms with Gasteiger partial charge in [0.05, 0.1) is 0 Å². The van der Waals surface area contributed by atoms with Crippen molar-refractivity contribution in [2.75, 3.05) is 0 Å². The lowest BCUT2D eigenvalue weighted by Crippen LogP contribution is -1.99. The Morgan fingerprint density at radius 1 is 0.818 bits per heavy atom. The summed E-state index contributed by atoms with van der Waals surface area (Å²) in [5, 5.41) is 0. The van der Waals surface area contributed by atoms with Gasteiger partial charge in [0, 0.05) is 0 Å². The van der Waals surface area contributed by atoms with Gasteiger partial charge in [-0.25, -0.2) is 0 Å². The standard InChI is InChI=1S/C11H14/c1-2-6-11-8-4-3-7-10(5-1)9-11/h1-6,10-11H,7-9H2. The van der Waals surface area contributed by atoms with E-state index in [1.165, 1.54) is 19.3 Å². The molecule has 0 nitrogen and oxygen atoms in total. The molecule has 58 valence electrons. The van der Waals surface area contributed by atoms with Crippen molar-refractivity contribution < 1.29 is 0 Å². The Kier molecular flexibility index (Phi) is 1.93. The van der Waals surface area contributed by atoms with Gasteiger partial charge in [-0.1, -0.05) is 36.5 Å². The number of fused-ring (bicyclic) bond motifs is 2. The van der Waals surface area contributed by atoms with Gasteiger partial charge in [-0.05, 0) is 31.1 Å². The molecule has 2 rings (SSSR count). The molecule has 11 heavy (non-hydrogen) atoms. The Morgan fingerprint density at radius 3 is 1.91 bits per heavy atom.